The van der Waals surface area contributed by atoms with Gasteiger partial charge in [0, 0.05) is 17.1 Å². The quantitative estimate of drug-likeness (QED) is 0.847. The first-order chi connectivity index (χ1) is 9.49. The maximum absolute atomic E-state index is 13.1. The number of hydrogen-bond acceptors (Lipinski definition) is 2. The van der Waals surface area contributed by atoms with Crippen LogP contribution in [-0.2, 0) is 12.7 Å². The molecule has 118 valence electrons. The van der Waals surface area contributed by atoms with Crippen molar-refractivity contribution in [1.82, 2.24) is 5.32 Å². The number of benzene rings is 1. The second kappa shape index (κ2) is 6.71. The van der Waals surface area contributed by atoms with Crippen LogP contribution in [0.4, 0.5) is 13.2 Å². The van der Waals surface area contributed by atoms with Crippen LogP contribution in [-0.4, -0.2) is 12.1 Å². The summed E-state index contributed by atoms with van der Waals surface area (Å²) in [5.74, 6) is -0.246. The monoisotopic (exact) mass is 321 g/mol. The summed E-state index contributed by atoms with van der Waals surface area (Å²) in [6.07, 6.45) is -4.49. The van der Waals surface area contributed by atoms with Crippen molar-refractivity contribution in [2.24, 2.45) is 0 Å². The lowest BCUT2D eigenvalue weighted by atomic mass is 10.1. The van der Waals surface area contributed by atoms with Crippen LogP contribution in [0.5, 0.6) is 5.75 Å². The van der Waals surface area contributed by atoms with Gasteiger partial charge in [0.2, 0.25) is 0 Å². The molecule has 1 aromatic carbocycles. The van der Waals surface area contributed by atoms with Crippen molar-refractivity contribution in [3.63, 3.8) is 0 Å². The third-order valence-corrected chi connectivity index (χ3v) is 2.67. The van der Waals surface area contributed by atoms with Crippen molar-refractivity contribution < 1.29 is 17.9 Å². The predicted octanol–water partition coefficient (Wildman–Crippen LogP) is 4.72. The van der Waals surface area contributed by atoms with Crippen molar-refractivity contribution in [2.75, 3.05) is 6.61 Å². The molecule has 0 fully saturated rings. The Hall–Kier alpha value is -1.20. The van der Waals surface area contributed by atoms with Gasteiger partial charge in [0.05, 0.1) is 5.56 Å². The van der Waals surface area contributed by atoms with Gasteiger partial charge in [-0.2, -0.15) is 13.2 Å². The molecule has 0 bridgehead atoms. The van der Waals surface area contributed by atoms with Crippen LogP contribution in [0.25, 0.3) is 0 Å². The van der Waals surface area contributed by atoms with Crippen molar-refractivity contribution in [2.45, 2.75) is 39.0 Å². The van der Waals surface area contributed by atoms with E-state index in [0.29, 0.717) is 12.1 Å². The minimum atomic E-state index is -4.49. The van der Waals surface area contributed by atoms with E-state index in [0.717, 1.165) is 6.07 Å². The Morgan fingerprint density at radius 2 is 1.90 bits per heavy atom. The highest BCUT2D eigenvalue weighted by atomic mass is 35.5. The second-order valence-corrected chi connectivity index (χ2v) is 6.27. The molecule has 2 nitrogen and oxygen atoms in total. The van der Waals surface area contributed by atoms with Gasteiger partial charge in [0.15, 0.2) is 0 Å². The fraction of sp³-hybridized carbons (Fsp3) is 0.467. The first kappa shape index (κ1) is 17.9. The lowest BCUT2D eigenvalue weighted by Gasteiger charge is -2.21. The summed E-state index contributed by atoms with van der Waals surface area (Å²) in [6.45, 7) is 9.40. The van der Waals surface area contributed by atoms with Crippen molar-refractivity contribution in [3.8, 4) is 5.75 Å². The molecule has 0 aliphatic carbocycles. The molecule has 0 heterocycles. The molecule has 1 rings (SSSR count). The van der Waals surface area contributed by atoms with E-state index in [9.17, 15) is 13.2 Å². The minimum absolute atomic E-state index is 0.140. The smallest absolute Gasteiger partial charge is 0.419 e. The number of halogens is 4. The van der Waals surface area contributed by atoms with Crippen molar-refractivity contribution in [3.05, 3.63) is 40.9 Å². The highest BCUT2D eigenvalue weighted by Crippen LogP contribution is 2.37. The normalized spacial score (nSPS) is 12.3. The van der Waals surface area contributed by atoms with Crippen LogP contribution < -0.4 is 10.1 Å². The van der Waals surface area contributed by atoms with E-state index in [4.69, 9.17) is 16.3 Å². The van der Waals surface area contributed by atoms with Crippen LogP contribution >= 0.6 is 11.6 Å². The van der Waals surface area contributed by atoms with E-state index in [1.807, 2.05) is 20.8 Å². The van der Waals surface area contributed by atoms with Crippen LogP contribution in [0.15, 0.2) is 29.8 Å². The van der Waals surface area contributed by atoms with Gasteiger partial charge in [0.1, 0.15) is 12.4 Å². The Labute approximate surface area is 127 Å². The molecule has 0 aliphatic rings. The fourth-order valence-electron chi connectivity index (χ4n) is 1.56. The van der Waals surface area contributed by atoms with Gasteiger partial charge in [-0.3, -0.25) is 0 Å². The maximum Gasteiger partial charge on any atom is 0.419 e. The van der Waals surface area contributed by atoms with E-state index in [-0.39, 0.29) is 22.9 Å². The summed E-state index contributed by atoms with van der Waals surface area (Å²) >= 11 is 5.51. The molecule has 1 N–H and O–H groups in total. The molecule has 21 heavy (non-hydrogen) atoms. The largest absolute Gasteiger partial charge is 0.487 e. The minimum Gasteiger partial charge on any atom is -0.487 e. The van der Waals surface area contributed by atoms with Crippen LogP contribution in [0.1, 0.15) is 31.9 Å². The van der Waals surface area contributed by atoms with Crippen molar-refractivity contribution >= 4 is 11.6 Å². The van der Waals surface area contributed by atoms with E-state index >= 15 is 0 Å². The second-order valence-electron chi connectivity index (χ2n) is 5.74. The molecule has 0 saturated carbocycles. The molecule has 0 atom stereocenters. The topological polar surface area (TPSA) is 21.3 Å². The highest BCUT2D eigenvalue weighted by molar-refractivity contribution is 6.29. The SMILES string of the molecule is C=C(Cl)COc1ccc(CNC(C)(C)C)cc1C(F)(F)F. The Morgan fingerprint density at radius 3 is 2.38 bits per heavy atom. The lowest BCUT2D eigenvalue weighted by Crippen LogP contribution is -2.35. The molecule has 0 aromatic heterocycles. The molecule has 0 saturated heterocycles. The molecular formula is C15H19ClF3NO. The summed E-state index contributed by atoms with van der Waals surface area (Å²) in [7, 11) is 0. The van der Waals surface area contributed by atoms with Gasteiger partial charge in [0.25, 0.3) is 0 Å². The third kappa shape index (κ3) is 6.40. The lowest BCUT2D eigenvalue weighted by molar-refractivity contribution is -0.138. The van der Waals surface area contributed by atoms with E-state index in [1.165, 1.54) is 6.07 Å². The van der Waals surface area contributed by atoms with Gasteiger partial charge in [-0.1, -0.05) is 24.2 Å². The summed E-state index contributed by atoms with van der Waals surface area (Å²) in [4.78, 5) is 0. The number of alkyl halides is 3. The molecule has 0 unspecified atom stereocenters. The summed E-state index contributed by atoms with van der Waals surface area (Å²) in [5.41, 5.74) is -0.452. The van der Waals surface area contributed by atoms with E-state index < -0.39 is 11.7 Å². The Morgan fingerprint density at radius 1 is 1.29 bits per heavy atom. The number of rotatable bonds is 5. The van der Waals surface area contributed by atoms with Gasteiger partial charge in [-0.25, -0.2) is 0 Å². The van der Waals surface area contributed by atoms with Crippen molar-refractivity contribution in [1.29, 1.82) is 0 Å². The Kier molecular flexibility index (Phi) is 5.70. The standard InChI is InChI=1S/C15H19ClF3NO/c1-10(16)9-21-13-6-5-11(8-20-14(2,3)4)7-12(13)15(17,18)19/h5-7,20H,1,8-9H2,2-4H3. The molecule has 6 heteroatoms. The van der Waals surface area contributed by atoms with Gasteiger partial charge >= 0.3 is 6.18 Å². The van der Waals surface area contributed by atoms with Gasteiger partial charge in [-0.05, 0) is 38.5 Å². The number of ether oxygens (including phenoxy) is 1. The van der Waals surface area contributed by atoms with Gasteiger partial charge in [-0.15, -0.1) is 0 Å². The summed E-state index contributed by atoms with van der Waals surface area (Å²) in [6, 6.07) is 3.99. The zero-order chi connectivity index (χ0) is 16.3. The highest BCUT2D eigenvalue weighted by Gasteiger charge is 2.34. The number of hydrogen-bond donors (Lipinski definition) is 1. The molecule has 0 aliphatic heterocycles. The average Bonchev–Trinajstić information content (AvgIpc) is 2.32. The number of nitrogens with one attached hydrogen (secondary N) is 1. The predicted molar refractivity (Wildman–Crippen MR) is 78.5 cm³/mol. The fourth-order valence-corrected chi connectivity index (χ4v) is 1.61. The van der Waals surface area contributed by atoms with E-state index in [1.54, 1.807) is 6.07 Å². The van der Waals surface area contributed by atoms with E-state index in [2.05, 4.69) is 11.9 Å². The molecule has 0 spiro atoms. The Bertz CT molecular complexity index is 507. The zero-order valence-corrected chi connectivity index (χ0v) is 13.0. The maximum atomic E-state index is 13.1. The third-order valence-electron chi connectivity index (χ3n) is 2.56. The molecule has 0 radical (unpaired) electrons. The van der Waals surface area contributed by atoms with Crippen LogP contribution in [0.3, 0.4) is 0 Å². The molecule has 1 aromatic rings. The molecule has 0 amide bonds. The first-order valence-corrected chi connectivity index (χ1v) is 6.78. The average molecular weight is 322 g/mol. The van der Waals surface area contributed by atoms with Crippen LogP contribution in [0.2, 0.25) is 0 Å². The van der Waals surface area contributed by atoms with Gasteiger partial charge < -0.3 is 10.1 Å². The van der Waals surface area contributed by atoms with Crippen LogP contribution in [0, 0.1) is 0 Å². The molecular weight excluding hydrogens is 303 g/mol. The zero-order valence-electron chi connectivity index (χ0n) is 12.3. The summed E-state index contributed by atoms with van der Waals surface area (Å²) < 4.78 is 44.3. The summed E-state index contributed by atoms with van der Waals surface area (Å²) in [5, 5.41) is 3.28. The first-order valence-electron chi connectivity index (χ1n) is 6.40. The Balaban J connectivity index is 2.99.